The molecule has 0 aliphatic heterocycles. The van der Waals surface area contributed by atoms with Gasteiger partial charge in [-0.1, -0.05) is 42.5 Å². The van der Waals surface area contributed by atoms with Gasteiger partial charge >= 0.3 is 0 Å². The fraction of sp³-hybridized carbons (Fsp3) is 0.286. The third kappa shape index (κ3) is 8.48. The molecule has 0 unspecified atom stereocenters. The van der Waals surface area contributed by atoms with Crippen molar-refractivity contribution in [2.24, 2.45) is 22.2 Å². The van der Waals surface area contributed by atoms with E-state index in [-0.39, 0.29) is 30.2 Å². The Kier molecular flexibility index (Phi) is 9.82. The number of primary amides is 1. The first-order valence-corrected chi connectivity index (χ1v) is 12.3. The summed E-state index contributed by atoms with van der Waals surface area (Å²) in [6.07, 6.45) is 0.567. The van der Waals surface area contributed by atoms with Gasteiger partial charge in [-0.2, -0.15) is 4.72 Å². The smallest absolute Gasteiger partial charge is 0.242 e. The SMILES string of the molecule is NC(=O)[C@@H](Cc1ccccc1)NC(=O)[C@H](CCCN=C(N)N)NS(=O)(=O)c1ccccc1Br. The molecule has 2 aromatic carbocycles. The van der Waals surface area contributed by atoms with Crippen LogP contribution in [0.1, 0.15) is 18.4 Å². The predicted octanol–water partition coefficient (Wildman–Crippen LogP) is 0.362. The lowest BCUT2D eigenvalue weighted by atomic mass is 10.0. The van der Waals surface area contributed by atoms with E-state index in [1.54, 1.807) is 42.5 Å². The van der Waals surface area contributed by atoms with Crippen molar-refractivity contribution in [3.8, 4) is 0 Å². The van der Waals surface area contributed by atoms with Crippen LogP contribution < -0.4 is 27.2 Å². The molecule has 2 aromatic rings. The molecule has 10 nitrogen and oxygen atoms in total. The summed E-state index contributed by atoms with van der Waals surface area (Å²) in [6, 6.07) is 13.0. The molecule has 0 spiro atoms. The van der Waals surface area contributed by atoms with Crippen LogP contribution >= 0.6 is 15.9 Å². The quantitative estimate of drug-likeness (QED) is 0.147. The second kappa shape index (κ2) is 12.3. The van der Waals surface area contributed by atoms with Crippen molar-refractivity contribution in [3.05, 3.63) is 64.6 Å². The normalized spacial score (nSPS) is 13.0. The summed E-state index contributed by atoms with van der Waals surface area (Å²) < 4.78 is 28.6. The Morgan fingerprint density at radius 2 is 1.61 bits per heavy atom. The first-order chi connectivity index (χ1) is 15.6. The number of amides is 2. The van der Waals surface area contributed by atoms with E-state index < -0.39 is 33.9 Å². The number of carbonyl (C=O) groups is 2. The highest BCUT2D eigenvalue weighted by Gasteiger charge is 2.29. The largest absolute Gasteiger partial charge is 0.370 e. The summed E-state index contributed by atoms with van der Waals surface area (Å²) >= 11 is 3.21. The molecule has 0 saturated heterocycles. The van der Waals surface area contributed by atoms with Gasteiger partial charge in [0.1, 0.15) is 12.1 Å². The van der Waals surface area contributed by atoms with Gasteiger partial charge in [-0.15, -0.1) is 0 Å². The highest BCUT2D eigenvalue weighted by molar-refractivity contribution is 9.10. The van der Waals surface area contributed by atoms with Crippen molar-refractivity contribution >= 4 is 43.7 Å². The van der Waals surface area contributed by atoms with Crippen molar-refractivity contribution < 1.29 is 18.0 Å². The lowest BCUT2D eigenvalue weighted by Gasteiger charge is -2.22. The minimum atomic E-state index is -4.06. The van der Waals surface area contributed by atoms with Crippen LogP contribution in [0.25, 0.3) is 0 Å². The number of sulfonamides is 1. The topological polar surface area (TPSA) is 183 Å². The number of nitrogens with two attached hydrogens (primary N) is 3. The van der Waals surface area contributed by atoms with Crippen molar-refractivity contribution in [1.29, 1.82) is 0 Å². The van der Waals surface area contributed by atoms with Crippen molar-refractivity contribution in [3.63, 3.8) is 0 Å². The zero-order valence-corrected chi connectivity index (χ0v) is 20.2. The molecule has 0 heterocycles. The minimum Gasteiger partial charge on any atom is -0.370 e. The van der Waals surface area contributed by atoms with Gasteiger partial charge < -0.3 is 22.5 Å². The zero-order valence-electron chi connectivity index (χ0n) is 17.8. The number of nitrogens with zero attached hydrogens (tertiary/aromatic N) is 1. The molecule has 12 heteroatoms. The Morgan fingerprint density at radius 3 is 2.21 bits per heavy atom. The van der Waals surface area contributed by atoms with Crippen LogP contribution in [0.15, 0.2) is 69.0 Å². The summed E-state index contributed by atoms with van der Waals surface area (Å²) in [5, 5.41) is 2.57. The number of hydrogen-bond acceptors (Lipinski definition) is 5. The second-order valence-corrected chi connectivity index (χ2v) is 9.74. The summed E-state index contributed by atoms with van der Waals surface area (Å²) in [5.74, 6) is -1.53. The van der Waals surface area contributed by atoms with Crippen LogP contribution in [0.4, 0.5) is 0 Å². The molecule has 0 saturated carbocycles. The number of nitrogens with one attached hydrogen (secondary N) is 2. The second-order valence-electron chi connectivity index (χ2n) is 7.21. The third-order valence-electron chi connectivity index (χ3n) is 4.63. The van der Waals surface area contributed by atoms with Gasteiger partial charge in [-0.3, -0.25) is 14.6 Å². The van der Waals surface area contributed by atoms with Crippen molar-refractivity contribution in [2.45, 2.75) is 36.2 Å². The lowest BCUT2D eigenvalue weighted by molar-refractivity contribution is -0.128. The number of guanidine groups is 1. The first kappa shape index (κ1) is 26.3. The van der Waals surface area contributed by atoms with Crippen molar-refractivity contribution in [1.82, 2.24) is 10.0 Å². The third-order valence-corrected chi connectivity index (χ3v) is 7.11. The molecule has 178 valence electrons. The van der Waals surface area contributed by atoms with E-state index in [0.29, 0.717) is 10.9 Å². The van der Waals surface area contributed by atoms with Gasteiger partial charge in [0.25, 0.3) is 0 Å². The minimum absolute atomic E-state index is 0.0252. The van der Waals surface area contributed by atoms with E-state index in [2.05, 4.69) is 31.0 Å². The average molecular weight is 539 g/mol. The Morgan fingerprint density at radius 1 is 0.970 bits per heavy atom. The standard InChI is InChI=1S/C21H27BrN6O4S/c22-15-9-4-5-11-18(15)33(31,32)28-16(10-6-12-26-21(24)25)20(30)27-17(19(23)29)13-14-7-2-1-3-8-14/h1-5,7-9,11,16-17,28H,6,10,12-13H2,(H2,23,29)(H,27,30)(H4,24,25,26)/t16-,17+/m0/s1. The van der Waals surface area contributed by atoms with Gasteiger partial charge in [-0.05, 0) is 46.5 Å². The van der Waals surface area contributed by atoms with Crippen molar-refractivity contribution in [2.75, 3.05) is 6.54 Å². The fourth-order valence-corrected chi connectivity index (χ4v) is 5.24. The van der Waals surface area contributed by atoms with E-state index in [4.69, 9.17) is 17.2 Å². The maximum absolute atomic E-state index is 13.0. The molecule has 0 fully saturated rings. The van der Waals surface area contributed by atoms with Gasteiger partial charge in [-0.25, -0.2) is 8.42 Å². The predicted molar refractivity (Wildman–Crippen MR) is 129 cm³/mol. The van der Waals surface area contributed by atoms with E-state index in [1.807, 2.05) is 6.07 Å². The lowest BCUT2D eigenvalue weighted by Crippen LogP contribution is -2.53. The number of hydrogen-bond donors (Lipinski definition) is 5. The monoisotopic (exact) mass is 538 g/mol. The van der Waals surface area contributed by atoms with E-state index >= 15 is 0 Å². The van der Waals surface area contributed by atoms with E-state index in [1.165, 1.54) is 6.07 Å². The molecule has 2 atom stereocenters. The number of carbonyl (C=O) groups excluding carboxylic acids is 2. The van der Waals surface area contributed by atoms with Gasteiger partial charge in [0.15, 0.2) is 5.96 Å². The first-order valence-electron chi connectivity index (χ1n) is 10.1. The Bertz CT molecular complexity index is 1090. The van der Waals surface area contributed by atoms with Crippen LogP contribution in [0.3, 0.4) is 0 Å². The van der Waals surface area contributed by atoms with Gasteiger partial charge in [0.2, 0.25) is 21.8 Å². The number of rotatable bonds is 12. The maximum atomic E-state index is 13.0. The zero-order chi connectivity index (χ0) is 24.4. The Balaban J connectivity index is 2.21. The summed E-state index contributed by atoms with van der Waals surface area (Å²) in [5.41, 5.74) is 16.9. The molecule has 2 amide bonds. The molecule has 0 aliphatic carbocycles. The molecule has 0 radical (unpaired) electrons. The van der Waals surface area contributed by atoms with Crippen LogP contribution in [0.5, 0.6) is 0 Å². The number of halogens is 1. The van der Waals surface area contributed by atoms with Crippen LogP contribution in [-0.4, -0.2) is 44.8 Å². The Hall–Kier alpha value is -2.96. The van der Waals surface area contributed by atoms with Crippen LogP contribution in [0, 0.1) is 0 Å². The highest BCUT2D eigenvalue weighted by atomic mass is 79.9. The molecule has 2 rings (SSSR count). The highest BCUT2D eigenvalue weighted by Crippen LogP contribution is 2.21. The Labute approximate surface area is 201 Å². The molecule has 0 aliphatic rings. The average Bonchev–Trinajstić information content (AvgIpc) is 2.76. The molecule has 8 N–H and O–H groups in total. The van der Waals surface area contributed by atoms with E-state index in [0.717, 1.165) is 5.56 Å². The summed E-state index contributed by atoms with van der Waals surface area (Å²) in [4.78, 5) is 28.8. The maximum Gasteiger partial charge on any atom is 0.242 e. The van der Waals surface area contributed by atoms with Crippen LogP contribution in [0.2, 0.25) is 0 Å². The van der Waals surface area contributed by atoms with Gasteiger partial charge in [0, 0.05) is 17.4 Å². The number of benzene rings is 2. The number of aliphatic imine (C=N–C) groups is 1. The molecule has 0 aromatic heterocycles. The fourth-order valence-electron chi connectivity index (χ4n) is 3.01. The summed E-state index contributed by atoms with van der Waals surface area (Å²) in [7, 11) is -4.06. The molecule has 33 heavy (non-hydrogen) atoms. The summed E-state index contributed by atoms with van der Waals surface area (Å²) in [6.45, 7) is 0.201. The molecular weight excluding hydrogens is 512 g/mol. The molecule has 0 bridgehead atoms. The van der Waals surface area contributed by atoms with E-state index in [9.17, 15) is 18.0 Å². The van der Waals surface area contributed by atoms with Gasteiger partial charge in [0.05, 0.1) is 4.90 Å². The molecular formula is C21H27BrN6O4S. The van der Waals surface area contributed by atoms with Crippen LogP contribution in [-0.2, 0) is 26.0 Å².